The molecule has 1 aliphatic carbocycles. The van der Waals surface area contributed by atoms with Gasteiger partial charge in [0.25, 0.3) is 0 Å². The Kier molecular flexibility index (Phi) is 4.56. The highest BCUT2D eigenvalue weighted by Crippen LogP contribution is 2.41. The number of thioether (sulfide) groups is 1. The van der Waals surface area contributed by atoms with Gasteiger partial charge >= 0.3 is 0 Å². The first-order valence-corrected chi connectivity index (χ1v) is 6.32. The molecule has 1 saturated carbocycles. The third-order valence-corrected chi connectivity index (χ3v) is 4.30. The zero-order chi connectivity index (χ0) is 9.73. The van der Waals surface area contributed by atoms with Gasteiger partial charge in [-0.05, 0) is 33.2 Å². The van der Waals surface area contributed by atoms with Crippen LogP contribution in [0.3, 0.4) is 0 Å². The van der Waals surface area contributed by atoms with E-state index in [-0.39, 0.29) is 0 Å². The molecular weight excluding hydrogens is 180 g/mol. The highest BCUT2D eigenvalue weighted by molar-refractivity contribution is 8.00. The van der Waals surface area contributed by atoms with Gasteiger partial charge in [-0.1, -0.05) is 6.42 Å². The van der Waals surface area contributed by atoms with Gasteiger partial charge in [0, 0.05) is 24.4 Å². The molecule has 1 fully saturated rings. The van der Waals surface area contributed by atoms with Crippen molar-refractivity contribution in [2.75, 3.05) is 40.0 Å². The highest BCUT2D eigenvalue weighted by Gasteiger charge is 2.35. The van der Waals surface area contributed by atoms with Crippen LogP contribution < -0.4 is 5.32 Å². The Morgan fingerprint density at radius 2 is 2.08 bits per heavy atom. The van der Waals surface area contributed by atoms with E-state index in [4.69, 9.17) is 0 Å². The molecule has 0 aromatic rings. The maximum absolute atomic E-state index is 3.55. The fourth-order valence-corrected chi connectivity index (χ4v) is 2.59. The first-order chi connectivity index (χ1) is 6.18. The van der Waals surface area contributed by atoms with E-state index in [1.54, 1.807) is 0 Å². The summed E-state index contributed by atoms with van der Waals surface area (Å²) in [6.07, 6.45) is 6.48. The van der Waals surface area contributed by atoms with Crippen molar-refractivity contribution in [3.05, 3.63) is 0 Å². The summed E-state index contributed by atoms with van der Waals surface area (Å²) in [5, 5.41) is 3.55. The molecule has 13 heavy (non-hydrogen) atoms. The van der Waals surface area contributed by atoms with Crippen molar-refractivity contribution in [3.8, 4) is 0 Å². The van der Waals surface area contributed by atoms with Crippen molar-refractivity contribution < 1.29 is 0 Å². The molecule has 0 heterocycles. The lowest BCUT2D eigenvalue weighted by Gasteiger charge is -2.40. The van der Waals surface area contributed by atoms with Gasteiger partial charge in [0.15, 0.2) is 0 Å². The average molecular weight is 202 g/mol. The Hall–Kier alpha value is 0.270. The molecule has 1 N–H and O–H groups in total. The summed E-state index contributed by atoms with van der Waals surface area (Å²) in [7, 11) is 4.24. The minimum Gasteiger partial charge on any atom is -0.314 e. The molecule has 3 heteroatoms. The van der Waals surface area contributed by atoms with Gasteiger partial charge in [-0.25, -0.2) is 0 Å². The minimum absolute atomic E-state index is 0.590. The normalized spacial score (nSPS) is 20.3. The van der Waals surface area contributed by atoms with E-state index in [0.717, 1.165) is 13.1 Å². The van der Waals surface area contributed by atoms with E-state index in [1.807, 2.05) is 11.8 Å². The summed E-state index contributed by atoms with van der Waals surface area (Å²) in [6.45, 7) is 3.46. The molecule has 0 spiro atoms. The van der Waals surface area contributed by atoms with Crippen molar-refractivity contribution >= 4 is 11.8 Å². The maximum atomic E-state index is 3.55. The van der Waals surface area contributed by atoms with Gasteiger partial charge in [0.1, 0.15) is 0 Å². The molecular formula is C10H22N2S. The van der Waals surface area contributed by atoms with E-state index in [2.05, 4.69) is 30.6 Å². The highest BCUT2D eigenvalue weighted by atomic mass is 32.2. The Morgan fingerprint density at radius 1 is 1.38 bits per heavy atom. The summed E-state index contributed by atoms with van der Waals surface area (Å²) >= 11 is 2.04. The van der Waals surface area contributed by atoms with Gasteiger partial charge in [-0.15, -0.1) is 0 Å². The third-order valence-electron chi connectivity index (χ3n) is 2.88. The quantitative estimate of drug-likeness (QED) is 0.656. The lowest BCUT2D eigenvalue weighted by molar-refractivity contribution is 0.332. The van der Waals surface area contributed by atoms with Crippen molar-refractivity contribution in [2.24, 2.45) is 0 Å². The van der Waals surface area contributed by atoms with Crippen LogP contribution in [0.15, 0.2) is 0 Å². The molecule has 0 atom stereocenters. The van der Waals surface area contributed by atoms with Crippen LogP contribution in [-0.4, -0.2) is 49.6 Å². The van der Waals surface area contributed by atoms with E-state index in [0.29, 0.717) is 4.75 Å². The number of likely N-dealkylation sites (N-methyl/N-ethyl adjacent to an activating group) is 1. The molecule has 78 valence electrons. The van der Waals surface area contributed by atoms with Crippen molar-refractivity contribution in [1.29, 1.82) is 0 Å². The van der Waals surface area contributed by atoms with Crippen LogP contribution in [0.25, 0.3) is 0 Å². The van der Waals surface area contributed by atoms with Crippen molar-refractivity contribution in [2.45, 2.75) is 24.0 Å². The number of hydrogen-bond acceptors (Lipinski definition) is 3. The lowest BCUT2D eigenvalue weighted by Crippen LogP contribution is -2.44. The first kappa shape index (κ1) is 11.3. The van der Waals surface area contributed by atoms with E-state index in [1.165, 1.54) is 25.8 Å². The zero-order valence-electron chi connectivity index (χ0n) is 9.10. The molecule has 0 unspecified atom stereocenters. The predicted molar refractivity (Wildman–Crippen MR) is 61.5 cm³/mol. The molecule has 0 aromatic carbocycles. The second kappa shape index (κ2) is 5.23. The van der Waals surface area contributed by atoms with E-state index in [9.17, 15) is 0 Å². The van der Waals surface area contributed by atoms with Crippen molar-refractivity contribution in [1.82, 2.24) is 10.2 Å². The lowest BCUT2D eigenvalue weighted by atomic mass is 9.84. The van der Waals surface area contributed by atoms with Gasteiger partial charge in [0.05, 0.1) is 0 Å². The predicted octanol–water partition coefficient (Wildman–Crippen LogP) is 1.42. The standard InChI is InChI=1S/C10H22N2S/c1-12(2)8-7-11-9-10(13-3)5-4-6-10/h11H,4-9H2,1-3H3. The van der Waals surface area contributed by atoms with Crippen LogP contribution >= 0.6 is 11.8 Å². The summed E-state index contributed by atoms with van der Waals surface area (Å²) in [5.74, 6) is 0. The van der Waals surface area contributed by atoms with Gasteiger partial charge in [-0.2, -0.15) is 11.8 Å². The average Bonchev–Trinajstić information content (AvgIpc) is 2.01. The molecule has 1 aliphatic rings. The smallest absolute Gasteiger partial charge is 0.0281 e. The van der Waals surface area contributed by atoms with Crippen LogP contribution in [-0.2, 0) is 0 Å². The SMILES string of the molecule is CSC1(CNCCN(C)C)CCC1. The summed E-state index contributed by atoms with van der Waals surface area (Å²) in [5.41, 5.74) is 0. The van der Waals surface area contributed by atoms with Gasteiger partial charge in [-0.3, -0.25) is 0 Å². The largest absolute Gasteiger partial charge is 0.314 e. The first-order valence-electron chi connectivity index (χ1n) is 5.09. The molecule has 0 saturated heterocycles. The fourth-order valence-electron chi connectivity index (χ4n) is 1.64. The molecule has 0 radical (unpaired) electrons. The topological polar surface area (TPSA) is 15.3 Å². The molecule has 2 nitrogen and oxygen atoms in total. The molecule has 0 bridgehead atoms. The fraction of sp³-hybridized carbons (Fsp3) is 1.00. The number of nitrogens with zero attached hydrogens (tertiary/aromatic N) is 1. The van der Waals surface area contributed by atoms with E-state index >= 15 is 0 Å². The number of nitrogens with one attached hydrogen (secondary N) is 1. The molecule has 1 rings (SSSR count). The Labute approximate surface area is 86.5 Å². The van der Waals surface area contributed by atoms with Gasteiger partial charge < -0.3 is 10.2 Å². The van der Waals surface area contributed by atoms with Crippen LogP contribution in [0.5, 0.6) is 0 Å². The van der Waals surface area contributed by atoms with Gasteiger partial charge in [0.2, 0.25) is 0 Å². The summed E-state index contributed by atoms with van der Waals surface area (Å²) in [6, 6.07) is 0. The third kappa shape index (κ3) is 3.49. The maximum Gasteiger partial charge on any atom is 0.0281 e. The summed E-state index contributed by atoms with van der Waals surface area (Å²) < 4.78 is 0.590. The van der Waals surface area contributed by atoms with Crippen LogP contribution in [0, 0.1) is 0 Å². The van der Waals surface area contributed by atoms with Crippen LogP contribution in [0.2, 0.25) is 0 Å². The zero-order valence-corrected chi connectivity index (χ0v) is 9.91. The van der Waals surface area contributed by atoms with E-state index < -0.39 is 0 Å². The Bertz CT molecular complexity index is 138. The second-order valence-electron chi connectivity index (χ2n) is 4.22. The minimum atomic E-state index is 0.590. The number of hydrogen-bond donors (Lipinski definition) is 1. The van der Waals surface area contributed by atoms with Crippen LogP contribution in [0.1, 0.15) is 19.3 Å². The van der Waals surface area contributed by atoms with Crippen LogP contribution in [0.4, 0.5) is 0 Å². The number of rotatable bonds is 6. The monoisotopic (exact) mass is 202 g/mol. The molecule has 0 amide bonds. The second-order valence-corrected chi connectivity index (χ2v) is 5.50. The Morgan fingerprint density at radius 3 is 2.46 bits per heavy atom. The molecule has 0 aliphatic heterocycles. The van der Waals surface area contributed by atoms with Crippen molar-refractivity contribution in [3.63, 3.8) is 0 Å². The molecule has 0 aromatic heterocycles. The summed E-state index contributed by atoms with van der Waals surface area (Å²) in [4.78, 5) is 2.22. The Balaban J connectivity index is 2.04.